The Labute approximate surface area is 183 Å². The van der Waals surface area contributed by atoms with Gasteiger partial charge in [0.1, 0.15) is 11.3 Å². The van der Waals surface area contributed by atoms with Crippen LogP contribution in [0, 0.1) is 0 Å². The summed E-state index contributed by atoms with van der Waals surface area (Å²) in [6, 6.07) is 18.7. The van der Waals surface area contributed by atoms with Gasteiger partial charge in [0, 0.05) is 29.6 Å². The molecule has 5 nitrogen and oxygen atoms in total. The molecule has 1 aliphatic rings. The van der Waals surface area contributed by atoms with Crippen molar-refractivity contribution in [2.24, 2.45) is 0 Å². The van der Waals surface area contributed by atoms with Crippen molar-refractivity contribution in [1.82, 2.24) is 4.90 Å². The lowest BCUT2D eigenvalue weighted by Crippen LogP contribution is -2.33. The lowest BCUT2D eigenvalue weighted by Gasteiger charge is -2.24. The number of carbonyl (C=O) groups excluding carboxylic acids is 1. The Morgan fingerprint density at radius 3 is 2.81 bits per heavy atom. The highest BCUT2D eigenvalue weighted by atomic mass is 16.5. The zero-order valence-corrected chi connectivity index (χ0v) is 18.0. The molecule has 1 aromatic heterocycles. The Bertz CT molecular complexity index is 1020. The number of furan rings is 1. The van der Waals surface area contributed by atoms with Gasteiger partial charge >= 0.3 is 5.97 Å². The Balaban J connectivity index is 1.47. The Hall–Kier alpha value is -2.89. The van der Waals surface area contributed by atoms with Gasteiger partial charge in [0.25, 0.3) is 0 Å². The average Bonchev–Trinajstić information content (AvgIpc) is 3.38. The van der Waals surface area contributed by atoms with Gasteiger partial charge in [-0.1, -0.05) is 48.5 Å². The lowest BCUT2D eigenvalue weighted by molar-refractivity contribution is -0.137. The molecule has 0 unspecified atom stereocenters. The maximum absolute atomic E-state index is 11.8. The van der Waals surface area contributed by atoms with Crippen LogP contribution in [0.25, 0.3) is 17.0 Å². The van der Waals surface area contributed by atoms with Crippen LogP contribution in [0.2, 0.25) is 0 Å². The molecule has 0 aliphatic carbocycles. The SMILES string of the molecule is CCOC(=O)/C=C/c1oc2ccccc2c1C[C@@H]1CCCN1COCc1ccccc1. The molecule has 0 spiro atoms. The highest BCUT2D eigenvalue weighted by molar-refractivity contribution is 5.90. The molecule has 0 N–H and O–H groups in total. The predicted octanol–water partition coefficient (Wildman–Crippen LogP) is 5.19. The summed E-state index contributed by atoms with van der Waals surface area (Å²) < 4.78 is 17.1. The maximum atomic E-state index is 11.8. The highest BCUT2D eigenvalue weighted by Crippen LogP contribution is 2.31. The second kappa shape index (κ2) is 10.4. The molecule has 5 heteroatoms. The standard InChI is InChI=1S/C26H29NO4/c1-2-30-26(28)15-14-25-23(22-12-6-7-13-24(22)31-25)17-21-11-8-16-27(21)19-29-18-20-9-4-3-5-10-20/h3-7,9-10,12-15,21H,2,8,11,16-19H2,1H3/b15-14+/t21-/m0/s1. The quantitative estimate of drug-likeness (QED) is 0.353. The first kappa shape index (κ1) is 21.3. The Morgan fingerprint density at radius 2 is 1.97 bits per heavy atom. The van der Waals surface area contributed by atoms with Crippen molar-refractivity contribution in [3.63, 3.8) is 0 Å². The molecule has 0 saturated carbocycles. The van der Waals surface area contributed by atoms with Gasteiger partial charge in [0.15, 0.2) is 0 Å². The van der Waals surface area contributed by atoms with Crippen molar-refractivity contribution in [2.45, 2.75) is 38.8 Å². The van der Waals surface area contributed by atoms with Crippen LogP contribution in [-0.2, 0) is 27.3 Å². The van der Waals surface area contributed by atoms with E-state index >= 15 is 0 Å². The Morgan fingerprint density at radius 1 is 1.16 bits per heavy atom. The van der Waals surface area contributed by atoms with Gasteiger partial charge in [-0.15, -0.1) is 0 Å². The molecule has 1 saturated heterocycles. The summed E-state index contributed by atoms with van der Waals surface area (Å²) in [4.78, 5) is 14.2. The number of benzene rings is 2. The van der Waals surface area contributed by atoms with Gasteiger partial charge in [-0.2, -0.15) is 0 Å². The van der Waals surface area contributed by atoms with Crippen LogP contribution in [0.15, 0.2) is 65.1 Å². The molecule has 1 fully saturated rings. The van der Waals surface area contributed by atoms with E-state index < -0.39 is 0 Å². The van der Waals surface area contributed by atoms with Crippen molar-refractivity contribution in [1.29, 1.82) is 0 Å². The van der Waals surface area contributed by atoms with E-state index in [0.717, 1.165) is 48.1 Å². The summed E-state index contributed by atoms with van der Waals surface area (Å²) in [5, 5.41) is 1.10. The van der Waals surface area contributed by atoms with Crippen LogP contribution in [0.5, 0.6) is 0 Å². The normalized spacial score (nSPS) is 17.0. The third-order valence-electron chi connectivity index (χ3n) is 5.69. The minimum atomic E-state index is -0.356. The summed E-state index contributed by atoms with van der Waals surface area (Å²) in [5.41, 5.74) is 3.16. The van der Waals surface area contributed by atoms with Gasteiger partial charge in [0.2, 0.25) is 0 Å². The third-order valence-corrected chi connectivity index (χ3v) is 5.69. The van der Waals surface area contributed by atoms with E-state index in [1.54, 1.807) is 13.0 Å². The van der Waals surface area contributed by atoms with Gasteiger partial charge in [-0.25, -0.2) is 4.79 Å². The van der Waals surface area contributed by atoms with Crippen molar-refractivity contribution in [3.05, 3.63) is 77.6 Å². The lowest BCUT2D eigenvalue weighted by atomic mass is 10.0. The molecular formula is C26H29NO4. The monoisotopic (exact) mass is 419 g/mol. The summed E-state index contributed by atoms with van der Waals surface area (Å²) in [6.07, 6.45) is 6.31. The van der Waals surface area contributed by atoms with Gasteiger partial charge < -0.3 is 13.9 Å². The van der Waals surface area contributed by atoms with Crippen molar-refractivity contribution < 1.29 is 18.7 Å². The van der Waals surface area contributed by atoms with E-state index in [1.165, 1.54) is 11.6 Å². The largest absolute Gasteiger partial charge is 0.463 e. The van der Waals surface area contributed by atoms with E-state index in [4.69, 9.17) is 13.9 Å². The van der Waals surface area contributed by atoms with Crippen LogP contribution in [0.4, 0.5) is 0 Å². The molecule has 4 rings (SSSR count). The third kappa shape index (κ3) is 5.43. The van der Waals surface area contributed by atoms with Crippen molar-refractivity contribution in [3.8, 4) is 0 Å². The number of hydrogen-bond acceptors (Lipinski definition) is 5. The number of nitrogens with zero attached hydrogens (tertiary/aromatic N) is 1. The number of rotatable bonds is 9. The number of likely N-dealkylation sites (tertiary alicyclic amines) is 1. The van der Waals surface area contributed by atoms with E-state index in [9.17, 15) is 4.79 Å². The van der Waals surface area contributed by atoms with E-state index in [0.29, 0.717) is 26.0 Å². The first-order valence-electron chi connectivity index (χ1n) is 11.0. The molecule has 31 heavy (non-hydrogen) atoms. The van der Waals surface area contributed by atoms with Crippen LogP contribution in [0.3, 0.4) is 0 Å². The van der Waals surface area contributed by atoms with Crippen LogP contribution < -0.4 is 0 Å². The van der Waals surface area contributed by atoms with Crippen molar-refractivity contribution in [2.75, 3.05) is 19.9 Å². The first-order chi connectivity index (χ1) is 15.2. The molecule has 3 aromatic rings. The van der Waals surface area contributed by atoms with Crippen LogP contribution in [-0.4, -0.2) is 36.8 Å². The molecule has 2 aromatic carbocycles. The van der Waals surface area contributed by atoms with Gasteiger partial charge in [-0.3, -0.25) is 4.90 Å². The molecule has 2 heterocycles. The Kier molecular flexibility index (Phi) is 7.18. The highest BCUT2D eigenvalue weighted by Gasteiger charge is 2.27. The van der Waals surface area contributed by atoms with Crippen LogP contribution in [0.1, 0.15) is 36.7 Å². The molecule has 1 aliphatic heterocycles. The van der Waals surface area contributed by atoms with Gasteiger partial charge in [-0.05, 0) is 43.9 Å². The second-order valence-electron chi connectivity index (χ2n) is 7.80. The summed E-state index contributed by atoms with van der Waals surface area (Å²) >= 11 is 0. The predicted molar refractivity (Wildman–Crippen MR) is 121 cm³/mol. The minimum absolute atomic E-state index is 0.356. The molecule has 0 bridgehead atoms. The zero-order chi connectivity index (χ0) is 21.5. The molecule has 0 amide bonds. The number of esters is 1. The molecule has 162 valence electrons. The molecular weight excluding hydrogens is 390 g/mol. The maximum Gasteiger partial charge on any atom is 0.330 e. The summed E-state index contributed by atoms with van der Waals surface area (Å²) in [7, 11) is 0. The molecule has 1 atom stereocenters. The van der Waals surface area contributed by atoms with E-state index in [1.807, 2.05) is 36.4 Å². The summed E-state index contributed by atoms with van der Waals surface area (Å²) in [5.74, 6) is 0.372. The minimum Gasteiger partial charge on any atom is -0.463 e. The topological polar surface area (TPSA) is 51.9 Å². The van der Waals surface area contributed by atoms with E-state index in [2.05, 4.69) is 23.1 Å². The first-order valence-corrected chi connectivity index (χ1v) is 11.0. The number of para-hydroxylation sites is 1. The number of hydrogen-bond donors (Lipinski definition) is 0. The zero-order valence-electron chi connectivity index (χ0n) is 18.0. The molecule has 0 radical (unpaired) electrons. The van der Waals surface area contributed by atoms with Crippen molar-refractivity contribution >= 4 is 23.0 Å². The van der Waals surface area contributed by atoms with E-state index in [-0.39, 0.29) is 5.97 Å². The smallest absolute Gasteiger partial charge is 0.330 e. The number of carbonyl (C=O) groups is 1. The summed E-state index contributed by atoms with van der Waals surface area (Å²) in [6.45, 7) is 4.42. The second-order valence-corrected chi connectivity index (χ2v) is 7.80. The number of ether oxygens (including phenoxy) is 2. The number of fused-ring (bicyclic) bond motifs is 1. The fourth-order valence-electron chi connectivity index (χ4n) is 4.18. The fraction of sp³-hybridized carbons (Fsp3) is 0.346. The van der Waals surface area contributed by atoms with Crippen LogP contribution >= 0.6 is 0 Å². The van der Waals surface area contributed by atoms with Gasteiger partial charge in [0.05, 0.1) is 19.9 Å². The fourth-order valence-corrected chi connectivity index (χ4v) is 4.18. The average molecular weight is 420 g/mol.